The zero-order valence-corrected chi connectivity index (χ0v) is 26.6. The van der Waals surface area contributed by atoms with Crippen molar-refractivity contribution in [1.82, 2.24) is 15.2 Å². The van der Waals surface area contributed by atoms with Crippen molar-refractivity contribution in [2.24, 2.45) is 5.92 Å². The van der Waals surface area contributed by atoms with E-state index in [1.165, 1.54) is 18.4 Å². The first-order chi connectivity index (χ1) is 20.4. The van der Waals surface area contributed by atoms with E-state index in [0.717, 1.165) is 73.4 Å². The van der Waals surface area contributed by atoms with E-state index < -0.39 is 0 Å². The van der Waals surface area contributed by atoms with Gasteiger partial charge in [-0.2, -0.15) is 0 Å². The standard InChI is InChI=1S/C34H45BrN4O3/c1-3-25-12-11-14-29(22-25)38(4-2)32(40)24-39-30-15-8-7-13-27(30)23-31(39)34(42)37-28-18-16-26(17-19-28)33(41)36-21-10-6-5-9-20-35/h7-8,11-15,22-23,26,28H,3-6,9-10,16-21,24H2,1-2H3,(H,36,41)(H,37,42)/t26-,28-. The van der Waals surface area contributed by atoms with Crippen LogP contribution in [-0.4, -0.2) is 46.8 Å². The molecule has 0 saturated heterocycles. The lowest BCUT2D eigenvalue weighted by Crippen LogP contribution is -2.42. The van der Waals surface area contributed by atoms with Crippen molar-refractivity contribution >= 4 is 50.2 Å². The van der Waals surface area contributed by atoms with Gasteiger partial charge in [0, 0.05) is 47.0 Å². The van der Waals surface area contributed by atoms with Gasteiger partial charge >= 0.3 is 0 Å². The number of aromatic nitrogens is 1. The van der Waals surface area contributed by atoms with Crippen molar-refractivity contribution in [3.8, 4) is 0 Å². The third-order valence-corrected chi connectivity index (χ3v) is 8.94. The molecule has 1 heterocycles. The topological polar surface area (TPSA) is 83.4 Å². The lowest BCUT2D eigenvalue weighted by Gasteiger charge is -2.28. The average molecular weight is 638 g/mol. The smallest absolute Gasteiger partial charge is 0.268 e. The van der Waals surface area contributed by atoms with Crippen molar-refractivity contribution in [2.45, 2.75) is 84.2 Å². The van der Waals surface area contributed by atoms with Crippen LogP contribution in [0.5, 0.6) is 0 Å². The minimum atomic E-state index is -0.175. The third-order valence-electron chi connectivity index (χ3n) is 8.38. The number of benzene rings is 2. The summed E-state index contributed by atoms with van der Waals surface area (Å²) in [7, 11) is 0. The van der Waals surface area contributed by atoms with E-state index in [2.05, 4.69) is 45.6 Å². The lowest BCUT2D eigenvalue weighted by molar-refractivity contribution is -0.126. The molecule has 42 heavy (non-hydrogen) atoms. The summed E-state index contributed by atoms with van der Waals surface area (Å²) in [5, 5.41) is 8.28. The minimum absolute atomic E-state index is 0.0102. The highest BCUT2D eigenvalue weighted by Gasteiger charge is 2.28. The van der Waals surface area contributed by atoms with Gasteiger partial charge in [0.1, 0.15) is 12.2 Å². The normalized spacial score (nSPS) is 16.7. The van der Waals surface area contributed by atoms with Crippen LogP contribution in [0.25, 0.3) is 10.9 Å². The van der Waals surface area contributed by atoms with Gasteiger partial charge in [0.2, 0.25) is 11.8 Å². The number of carbonyl (C=O) groups excluding carboxylic acids is 3. The number of unbranched alkanes of at least 4 members (excludes halogenated alkanes) is 3. The number of amides is 3. The Labute approximate surface area is 258 Å². The first-order valence-electron chi connectivity index (χ1n) is 15.6. The van der Waals surface area contributed by atoms with Crippen LogP contribution in [-0.2, 0) is 22.6 Å². The van der Waals surface area contributed by atoms with Crippen LogP contribution < -0.4 is 15.5 Å². The monoisotopic (exact) mass is 636 g/mol. The number of carbonyl (C=O) groups is 3. The predicted molar refractivity (Wildman–Crippen MR) is 174 cm³/mol. The third kappa shape index (κ3) is 8.24. The van der Waals surface area contributed by atoms with Crippen LogP contribution in [0.4, 0.5) is 5.69 Å². The van der Waals surface area contributed by atoms with E-state index in [4.69, 9.17) is 0 Å². The highest BCUT2D eigenvalue weighted by atomic mass is 79.9. The van der Waals surface area contributed by atoms with E-state index in [-0.39, 0.29) is 36.2 Å². The molecule has 0 atom stereocenters. The lowest BCUT2D eigenvalue weighted by atomic mass is 9.85. The van der Waals surface area contributed by atoms with Crippen LogP contribution in [0, 0.1) is 5.92 Å². The van der Waals surface area contributed by atoms with Gasteiger partial charge in [0.15, 0.2) is 0 Å². The maximum atomic E-state index is 13.6. The minimum Gasteiger partial charge on any atom is -0.356 e. The van der Waals surface area contributed by atoms with Crippen LogP contribution in [0.1, 0.15) is 81.3 Å². The van der Waals surface area contributed by atoms with Crippen molar-refractivity contribution in [3.63, 3.8) is 0 Å². The summed E-state index contributed by atoms with van der Waals surface area (Å²) >= 11 is 3.45. The molecular weight excluding hydrogens is 592 g/mol. The quantitative estimate of drug-likeness (QED) is 0.154. The molecule has 1 fully saturated rings. The number of alkyl halides is 1. The average Bonchev–Trinajstić information content (AvgIpc) is 3.38. The number of rotatable bonds is 14. The summed E-state index contributed by atoms with van der Waals surface area (Å²) in [5.41, 5.74) is 3.41. The van der Waals surface area contributed by atoms with Gasteiger partial charge in [0.05, 0.1) is 0 Å². The fraction of sp³-hybridized carbons (Fsp3) is 0.500. The maximum Gasteiger partial charge on any atom is 0.268 e. The summed E-state index contributed by atoms with van der Waals surface area (Å²) in [6.45, 7) is 5.43. The Hall–Kier alpha value is -3.13. The van der Waals surface area contributed by atoms with E-state index in [1.54, 1.807) is 4.90 Å². The van der Waals surface area contributed by atoms with Crippen molar-refractivity contribution in [3.05, 3.63) is 65.9 Å². The van der Waals surface area contributed by atoms with Crippen molar-refractivity contribution in [2.75, 3.05) is 23.3 Å². The number of aryl methyl sites for hydroxylation is 1. The van der Waals surface area contributed by atoms with Gasteiger partial charge < -0.3 is 20.1 Å². The molecule has 3 amide bonds. The van der Waals surface area contributed by atoms with E-state index in [9.17, 15) is 14.4 Å². The van der Waals surface area contributed by atoms with Crippen LogP contribution in [0.2, 0.25) is 0 Å². The van der Waals surface area contributed by atoms with Crippen LogP contribution in [0.15, 0.2) is 54.6 Å². The summed E-state index contributed by atoms with van der Waals surface area (Å²) in [5.74, 6) is -0.0814. The van der Waals surface area contributed by atoms with Crippen molar-refractivity contribution in [1.29, 1.82) is 0 Å². The van der Waals surface area contributed by atoms with E-state index in [0.29, 0.717) is 12.2 Å². The maximum absolute atomic E-state index is 13.6. The number of nitrogens with one attached hydrogen (secondary N) is 2. The molecule has 0 aliphatic heterocycles. The molecule has 0 spiro atoms. The van der Waals surface area contributed by atoms with Crippen molar-refractivity contribution < 1.29 is 14.4 Å². The molecule has 8 heteroatoms. The first-order valence-corrected chi connectivity index (χ1v) is 16.7. The van der Waals surface area contributed by atoms with E-state index >= 15 is 0 Å². The number of nitrogens with zero attached hydrogens (tertiary/aromatic N) is 2. The van der Waals surface area contributed by atoms with Gasteiger partial charge in [0.25, 0.3) is 5.91 Å². The second-order valence-electron chi connectivity index (χ2n) is 11.3. The van der Waals surface area contributed by atoms with Gasteiger partial charge in [-0.1, -0.05) is 66.0 Å². The molecule has 1 aliphatic rings. The Balaban J connectivity index is 1.38. The number of anilines is 1. The van der Waals surface area contributed by atoms with Gasteiger partial charge in [-0.25, -0.2) is 0 Å². The summed E-state index contributed by atoms with van der Waals surface area (Å²) in [6, 6.07) is 17.8. The molecule has 0 bridgehead atoms. The molecule has 1 aliphatic carbocycles. The molecule has 4 rings (SSSR count). The fourth-order valence-electron chi connectivity index (χ4n) is 5.92. The first kappa shape index (κ1) is 31.8. The Morgan fingerprint density at radius 2 is 1.69 bits per heavy atom. The molecule has 7 nitrogen and oxygen atoms in total. The highest BCUT2D eigenvalue weighted by Crippen LogP contribution is 2.26. The Bertz CT molecular complexity index is 1350. The molecule has 1 aromatic heterocycles. The molecular formula is C34H45BrN4O3. The van der Waals surface area contributed by atoms with Gasteiger partial charge in [-0.3, -0.25) is 14.4 Å². The summed E-state index contributed by atoms with van der Waals surface area (Å²) in [4.78, 5) is 41.7. The van der Waals surface area contributed by atoms with Gasteiger partial charge in [-0.05, 0) is 81.7 Å². The summed E-state index contributed by atoms with van der Waals surface area (Å²) in [6.07, 6.45) is 8.48. The number of para-hydroxylation sites is 1. The zero-order valence-electron chi connectivity index (χ0n) is 25.0. The predicted octanol–water partition coefficient (Wildman–Crippen LogP) is 6.62. The summed E-state index contributed by atoms with van der Waals surface area (Å²) < 4.78 is 1.84. The second kappa shape index (κ2) is 15.9. The Morgan fingerprint density at radius 1 is 0.929 bits per heavy atom. The molecule has 0 unspecified atom stereocenters. The molecule has 1 saturated carbocycles. The molecule has 3 aromatic rings. The number of fused-ring (bicyclic) bond motifs is 1. The number of halogens is 1. The molecule has 226 valence electrons. The number of hydrogen-bond donors (Lipinski definition) is 2. The molecule has 2 aromatic carbocycles. The largest absolute Gasteiger partial charge is 0.356 e. The Kier molecular flexibility index (Phi) is 12.1. The van der Waals surface area contributed by atoms with Gasteiger partial charge in [-0.15, -0.1) is 0 Å². The number of likely N-dealkylation sites (N-methyl/N-ethyl adjacent to an activating group) is 1. The second-order valence-corrected chi connectivity index (χ2v) is 12.0. The SMILES string of the molecule is CCc1cccc(N(CC)C(=O)Cn2c(C(=O)N[C@H]3CC[C@H](C(=O)NCCCCCCBr)CC3)cc3ccccc32)c1. The van der Waals surface area contributed by atoms with Crippen LogP contribution >= 0.6 is 15.9 Å². The Morgan fingerprint density at radius 3 is 2.43 bits per heavy atom. The number of hydrogen-bond acceptors (Lipinski definition) is 3. The highest BCUT2D eigenvalue weighted by molar-refractivity contribution is 9.09. The molecule has 0 radical (unpaired) electrons. The van der Waals surface area contributed by atoms with Crippen LogP contribution in [0.3, 0.4) is 0 Å². The fourth-order valence-corrected chi connectivity index (χ4v) is 6.32. The zero-order chi connectivity index (χ0) is 29.9. The molecule has 2 N–H and O–H groups in total. The van der Waals surface area contributed by atoms with E-state index in [1.807, 2.05) is 54.0 Å².